The second-order valence-corrected chi connectivity index (χ2v) is 8.29. The molecular weight excluding hydrogens is 400 g/mol. The molecule has 2 heterocycles. The van der Waals surface area contributed by atoms with Gasteiger partial charge in [0, 0.05) is 23.4 Å². The Hall–Kier alpha value is -2.98. The van der Waals surface area contributed by atoms with Crippen molar-refractivity contribution in [1.82, 2.24) is 4.98 Å². The third-order valence-electron chi connectivity index (χ3n) is 5.52. The van der Waals surface area contributed by atoms with Gasteiger partial charge < -0.3 is 25.2 Å². The molecule has 1 aliphatic rings. The van der Waals surface area contributed by atoms with Crippen LogP contribution in [0.15, 0.2) is 35.6 Å². The lowest BCUT2D eigenvalue weighted by atomic mass is 9.80. The minimum Gasteiger partial charge on any atom is -0.482 e. The van der Waals surface area contributed by atoms with Gasteiger partial charge in [0.15, 0.2) is 11.6 Å². The summed E-state index contributed by atoms with van der Waals surface area (Å²) < 4.78 is 32.1. The highest BCUT2D eigenvalue weighted by atomic mass is 19.1. The molecular formula is C21H27BFN5O3. The molecule has 1 aromatic heterocycles. The SMILES string of the molecule is C[C@@H](Oc1cc(B2OC(C)(C)C(C)(C)O2)cnc1N)c1cc(F)ccc1N/N=C\C=N. The molecule has 1 atom stereocenters. The molecule has 0 bridgehead atoms. The van der Waals surface area contributed by atoms with Gasteiger partial charge in [0.05, 0.1) is 23.1 Å². The Kier molecular flexibility index (Phi) is 6.33. The first kappa shape index (κ1) is 22.7. The minimum absolute atomic E-state index is 0.194. The van der Waals surface area contributed by atoms with E-state index in [0.717, 1.165) is 6.21 Å². The van der Waals surface area contributed by atoms with E-state index in [4.69, 9.17) is 25.2 Å². The highest BCUT2D eigenvalue weighted by Gasteiger charge is 2.52. The maximum Gasteiger partial charge on any atom is 0.496 e. The molecule has 8 nitrogen and oxygen atoms in total. The number of nitrogens with two attached hydrogens (primary N) is 1. The summed E-state index contributed by atoms with van der Waals surface area (Å²) in [6.07, 6.45) is 3.32. The molecule has 3 rings (SSSR count). The topological polar surface area (TPSA) is 115 Å². The Morgan fingerprint density at radius 2 is 1.94 bits per heavy atom. The number of nitrogens with zero attached hydrogens (tertiary/aromatic N) is 2. The van der Waals surface area contributed by atoms with Gasteiger partial charge in [0.25, 0.3) is 0 Å². The van der Waals surface area contributed by atoms with Gasteiger partial charge in [-0.3, -0.25) is 5.43 Å². The van der Waals surface area contributed by atoms with Crippen molar-refractivity contribution in [1.29, 1.82) is 5.41 Å². The second kappa shape index (κ2) is 8.64. The summed E-state index contributed by atoms with van der Waals surface area (Å²) in [7, 11) is -0.613. The average Bonchev–Trinajstić information content (AvgIpc) is 2.92. The first-order chi connectivity index (χ1) is 14.5. The van der Waals surface area contributed by atoms with E-state index in [9.17, 15) is 4.39 Å². The number of rotatable bonds is 7. The number of ether oxygens (including phenoxy) is 1. The van der Waals surface area contributed by atoms with Crippen molar-refractivity contribution in [2.24, 2.45) is 5.10 Å². The van der Waals surface area contributed by atoms with Crippen molar-refractivity contribution in [2.45, 2.75) is 51.9 Å². The summed E-state index contributed by atoms with van der Waals surface area (Å²) in [5.41, 5.74) is 9.57. The molecule has 164 valence electrons. The maximum atomic E-state index is 13.9. The molecule has 1 aromatic carbocycles. The van der Waals surface area contributed by atoms with Crippen LogP contribution in [0.1, 0.15) is 46.3 Å². The standard InChI is InChI=1S/C21H27BFN5O3/c1-13(16-11-15(23)6-7-17(16)28-27-9-8-24)29-18-10-14(12-26-19(18)25)22-30-20(2,3)21(4,5)31-22/h6-13,24,28H,1-5H3,(H2,25,26)/b24-8?,27-9-/t13-/m1/s1. The Bertz CT molecular complexity index is 983. The first-order valence-electron chi connectivity index (χ1n) is 9.89. The number of nitrogens with one attached hydrogen (secondary N) is 2. The number of aromatic nitrogens is 1. The molecule has 0 saturated carbocycles. The number of halogens is 1. The molecule has 1 saturated heterocycles. The van der Waals surface area contributed by atoms with E-state index in [1.54, 1.807) is 25.3 Å². The van der Waals surface area contributed by atoms with E-state index in [0.29, 0.717) is 22.5 Å². The van der Waals surface area contributed by atoms with E-state index in [2.05, 4.69) is 15.5 Å². The Labute approximate surface area is 181 Å². The third kappa shape index (κ3) is 4.86. The molecule has 0 radical (unpaired) electrons. The summed E-state index contributed by atoms with van der Waals surface area (Å²) in [5.74, 6) is 0.113. The molecule has 0 unspecified atom stereocenters. The molecule has 2 aromatic rings. The zero-order chi connectivity index (χ0) is 22.8. The molecule has 31 heavy (non-hydrogen) atoms. The van der Waals surface area contributed by atoms with Crippen molar-refractivity contribution in [3.05, 3.63) is 41.8 Å². The monoisotopic (exact) mass is 427 g/mol. The van der Waals surface area contributed by atoms with Crippen LogP contribution in [-0.4, -0.2) is 35.7 Å². The molecule has 0 spiro atoms. The maximum absolute atomic E-state index is 13.9. The number of hydrogen-bond acceptors (Lipinski definition) is 8. The molecule has 4 N–H and O–H groups in total. The number of pyridine rings is 1. The van der Waals surface area contributed by atoms with Crippen LogP contribution in [0.25, 0.3) is 0 Å². The fourth-order valence-corrected chi connectivity index (χ4v) is 3.04. The number of nitrogen functional groups attached to an aromatic ring is 1. The summed E-state index contributed by atoms with van der Waals surface area (Å²) >= 11 is 0. The fourth-order valence-electron chi connectivity index (χ4n) is 3.04. The van der Waals surface area contributed by atoms with Crippen LogP contribution in [-0.2, 0) is 9.31 Å². The second-order valence-electron chi connectivity index (χ2n) is 8.29. The van der Waals surface area contributed by atoms with Gasteiger partial charge in [-0.1, -0.05) is 0 Å². The highest BCUT2D eigenvalue weighted by Crippen LogP contribution is 2.37. The van der Waals surface area contributed by atoms with E-state index < -0.39 is 30.2 Å². The first-order valence-corrected chi connectivity index (χ1v) is 9.89. The molecule has 10 heteroatoms. The van der Waals surface area contributed by atoms with Crippen molar-refractivity contribution in [3.8, 4) is 5.75 Å². The minimum atomic E-state index is -0.613. The summed E-state index contributed by atoms with van der Waals surface area (Å²) in [6, 6.07) is 5.94. The molecule has 1 aliphatic heterocycles. The summed E-state index contributed by atoms with van der Waals surface area (Å²) in [6.45, 7) is 9.64. The zero-order valence-corrected chi connectivity index (χ0v) is 18.3. The van der Waals surface area contributed by atoms with Gasteiger partial charge in [-0.15, -0.1) is 0 Å². The van der Waals surface area contributed by atoms with Gasteiger partial charge in [-0.25, -0.2) is 9.37 Å². The summed E-state index contributed by atoms with van der Waals surface area (Å²) in [5, 5.41) is 10.9. The van der Waals surface area contributed by atoms with Gasteiger partial charge in [0.1, 0.15) is 11.9 Å². The predicted molar refractivity (Wildman–Crippen MR) is 121 cm³/mol. The van der Waals surface area contributed by atoms with Crippen LogP contribution in [0.3, 0.4) is 0 Å². The molecule has 0 aliphatic carbocycles. The smallest absolute Gasteiger partial charge is 0.482 e. The van der Waals surface area contributed by atoms with Gasteiger partial charge in [-0.05, 0) is 58.9 Å². The van der Waals surface area contributed by atoms with E-state index in [-0.39, 0.29) is 5.82 Å². The van der Waals surface area contributed by atoms with Crippen LogP contribution in [0.5, 0.6) is 5.75 Å². The summed E-state index contributed by atoms with van der Waals surface area (Å²) in [4.78, 5) is 4.22. The fraction of sp³-hybridized carbons (Fsp3) is 0.381. The van der Waals surface area contributed by atoms with E-state index in [1.165, 1.54) is 18.3 Å². The predicted octanol–water partition coefficient (Wildman–Crippen LogP) is 3.29. The van der Waals surface area contributed by atoms with Crippen molar-refractivity contribution in [2.75, 3.05) is 11.2 Å². The lowest BCUT2D eigenvalue weighted by molar-refractivity contribution is 0.00578. The lowest BCUT2D eigenvalue weighted by Gasteiger charge is -2.32. The van der Waals surface area contributed by atoms with Crippen molar-refractivity contribution in [3.63, 3.8) is 0 Å². The van der Waals surface area contributed by atoms with Gasteiger partial charge in [0.2, 0.25) is 0 Å². The molecule has 1 fully saturated rings. The normalized spacial score (nSPS) is 18.2. The van der Waals surface area contributed by atoms with Crippen LogP contribution >= 0.6 is 0 Å². The number of hydrazone groups is 1. The zero-order valence-electron chi connectivity index (χ0n) is 18.3. The van der Waals surface area contributed by atoms with Crippen LogP contribution in [0.4, 0.5) is 15.9 Å². The van der Waals surface area contributed by atoms with Crippen LogP contribution in [0, 0.1) is 11.2 Å². The third-order valence-corrected chi connectivity index (χ3v) is 5.52. The Balaban J connectivity index is 1.85. The number of anilines is 2. The molecule has 0 amide bonds. The highest BCUT2D eigenvalue weighted by molar-refractivity contribution is 6.62. The Morgan fingerprint density at radius 1 is 1.26 bits per heavy atom. The van der Waals surface area contributed by atoms with Gasteiger partial charge in [-0.2, -0.15) is 5.10 Å². The number of benzene rings is 1. The van der Waals surface area contributed by atoms with Crippen molar-refractivity contribution < 1.29 is 18.4 Å². The average molecular weight is 427 g/mol. The van der Waals surface area contributed by atoms with Crippen molar-refractivity contribution >= 4 is 36.5 Å². The van der Waals surface area contributed by atoms with Crippen LogP contribution < -0.4 is 21.4 Å². The quantitative estimate of drug-likeness (QED) is 0.355. The largest absolute Gasteiger partial charge is 0.496 e. The lowest BCUT2D eigenvalue weighted by Crippen LogP contribution is -2.41. The van der Waals surface area contributed by atoms with E-state index >= 15 is 0 Å². The van der Waals surface area contributed by atoms with Crippen LogP contribution in [0.2, 0.25) is 0 Å². The van der Waals surface area contributed by atoms with E-state index in [1.807, 2.05) is 27.7 Å². The number of hydrogen-bond donors (Lipinski definition) is 3. The van der Waals surface area contributed by atoms with Gasteiger partial charge >= 0.3 is 7.12 Å². The Morgan fingerprint density at radius 3 is 2.58 bits per heavy atom.